The fraction of sp³-hybridized carbons (Fsp3) is 0.174. The van der Waals surface area contributed by atoms with Crippen molar-refractivity contribution in [1.82, 2.24) is 25.3 Å². The highest BCUT2D eigenvalue weighted by Crippen LogP contribution is 2.31. The second-order valence-corrected chi connectivity index (χ2v) is 7.03. The van der Waals surface area contributed by atoms with Gasteiger partial charge in [0.25, 0.3) is 5.91 Å². The van der Waals surface area contributed by atoms with Crippen LogP contribution in [-0.4, -0.2) is 32.4 Å². The van der Waals surface area contributed by atoms with Gasteiger partial charge < -0.3 is 5.32 Å². The number of fused-ring (bicyclic) bond motifs is 7. The van der Waals surface area contributed by atoms with Crippen LogP contribution >= 0.6 is 0 Å². The van der Waals surface area contributed by atoms with Crippen molar-refractivity contribution in [3.05, 3.63) is 60.4 Å². The second-order valence-electron chi connectivity index (χ2n) is 7.03. The van der Waals surface area contributed by atoms with Crippen molar-refractivity contribution in [2.24, 2.45) is 0 Å². The van der Waals surface area contributed by atoms with Crippen molar-refractivity contribution in [2.45, 2.75) is 19.8 Å². The van der Waals surface area contributed by atoms with E-state index in [0.29, 0.717) is 17.6 Å². The van der Waals surface area contributed by atoms with Crippen molar-refractivity contribution in [2.75, 3.05) is 6.54 Å². The van der Waals surface area contributed by atoms with E-state index >= 15 is 0 Å². The number of unbranched alkanes of at least 4 members (excludes halogenated alkanes) is 1. The van der Waals surface area contributed by atoms with Crippen LogP contribution in [0.5, 0.6) is 0 Å². The molecule has 3 heterocycles. The number of nitrogens with zero attached hydrogens (tertiary/aromatic N) is 4. The summed E-state index contributed by atoms with van der Waals surface area (Å²) in [5, 5.41) is 4.77. The molecular formula is C23H19N5O. The van der Waals surface area contributed by atoms with E-state index in [1.54, 1.807) is 24.5 Å². The summed E-state index contributed by atoms with van der Waals surface area (Å²) < 4.78 is 0. The summed E-state index contributed by atoms with van der Waals surface area (Å²) in [6, 6.07) is 13.2. The van der Waals surface area contributed by atoms with E-state index in [9.17, 15) is 4.79 Å². The van der Waals surface area contributed by atoms with Crippen LogP contribution in [0.2, 0.25) is 0 Å². The zero-order valence-electron chi connectivity index (χ0n) is 16.0. The Morgan fingerprint density at radius 2 is 1.52 bits per heavy atom. The largest absolute Gasteiger partial charge is 0.352 e. The summed E-state index contributed by atoms with van der Waals surface area (Å²) in [6.07, 6.45) is 5.53. The molecule has 0 atom stereocenters. The molecule has 0 saturated heterocycles. The molecule has 0 fully saturated rings. The third kappa shape index (κ3) is 2.93. The fourth-order valence-corrected chi connectivity index (χ4v) is 3.62. The normalized spacial score (nSPS) is 11.5. The van der Waals surface area contributed by atoms with Gasteiger partial charge in [0.15, 0.2) is 0 Å². The SMILES string of the molecule is CCCCNC(=O)c1ccc2nc3c4cccnc4c4ncccc4c3nc2c1. The molecular weight excluding hydrogens is 362 g/mol. The Bertz CT molecular complexity index is 1400. The first kappa shape index (κ1) is 17.4. The third-order valence-corrected chi connectivity index (χ3v) is 5.09. The maximum Gasteiger partial charge on any atom is 0.251 e. The van der Waals surface area contributed by atoms with E-state index in [0.717, 1.165) is 51.2 Å². The molecule has 0 spiro atoms. The molecule has 5 aromatic rings. The lowest BCUT2D eigenvalue weighted by Crippen LogP contribution is -2.24. The van der Waals surface area contributed by atoms with Gasteiger partial charge in [0, 0.05) is 35.3 Å². The Hall–Kier alpha value is -3.67. The molecule has 0 radical (unpaired) electrons. The number of nitrogens with one attached hydrogen (secondary N) is 1. The van der Waals surface area contributed by atoms with Gasteiger partial charge in [0.2, 0.25) is 0 Å². The van der Waals surface area contributed by atoms with Crippen LogP contribution in [0, 0.1) is 0 Å². The average molecular weight is 381 g/mol. The van der Waals surface area contributed by atoms with Gasteiger partial charge >= 0.3 is 0 Å². The quantitative estimate of drug-likeness (QED) is 0.283. The highest BCUT2D eigenvalue weighted by Gasteiger charge is 2.14. The smallest absolute Gasteiger partial charge is 0.251 e. The zero-order valence-corrected chi connectivity index (χ0v) is 16.0. The second kappa shape index (κ2) is 7.05. The number of hydrogen-bond acceptors (Lipinski definition) is 5. The van der Waals surface area contributed by atoms with Crippen molar-refractivity contribution in [1.29, 1.82) is 0 Å². The van der Waals surface area contributed by atoms with Crippen LogP contribution in [-0.2, 0) is 0 Å². The average Bonchev–Trinajstić information content (AvgIpc) is 2.78. The molecule has 0 aliphatic heterocycles. The van der Waals surface area contributed by atoms with Crippen LogP contribution in [0.25, 0.3) is 43.9 Å². The highest BCUT2D eigenvalue weighted by molar-refractivity contribution is 6.21. The summed E-state index contributed by atoms with van der Waals surface area (Å²) in [4.78, 5) is 31.3. The van der Waals surface area contributed by atoms with Gasteiger partial charge in [-0.3, -0.25) is 14.8 Å². The molecule has 6 nitrogen and oxygen atoms in total. The molecule has 6 heteroatoms. The number of amides is 1. The zero-order chi connectivity index (χ0) is 19.8. The number of hydrogen-bond donors (Lipinski definition) is 1. The molecule has 1 amide bonds. The summed E-state index contributed by atoms with van der Waals surface area (Å²) in [5.41, 5.74) is 5.21. The molecule has 0 unspecified atom stereocenters. The Labute approximate surface area is 167 Å². The number of carbonyl (C=O) groups is 1. The van der Waals surface area contributed by atoms with Gasteiger partial charge in [0.05, 0.1) is 33.1 Å². The van der Waals surface area contributed by atoms with Crippen LogP contribution in [0.3, 0.4) is 0 Å². The Kier molecular flexibility index (Phi) is 4.24. The van der Waals surface area contributed by atoms with Crippen LogP contribution < -0.4 is 5.32 Å². The molecule has 3 aromatic heterocycles. The van der Waals surface area contributed by atoms with E-state index in [2.05, 4.69) is 22.2 Å². The Morgan fingerprint density at radius 3 is 2.17 bits per heavy atom. The molecule has 5 rings (SSSR count). The minimum Gasteiger partial charge on any atom is -0.352 e. The first-order valence-corrected chi connectivity index (χ1v) is 9.77. The highest BCUT2D eigenvalue weighted by atomic mass is 16.1. The number of pyridine rings is 2. The first-order valence-electron chi connectivity index (χ1n) is 9.77. The predicted octanol–water partition coefficient (Wildman–Crippen LogP) is 4.41. The molecule has 0 saturated carbocycles. The van der Waals surface area contributed by atoms with Crippen molar-refractivity contribution < 1.29 is 4.79 Å². The summed E-state index contributed by atoms with van der Waals surface area (Å²) >= 11 is 0. The summed E-state index contributed by atoms with van der Waals surface area (Å²) in [7, 11) is 0. The Morgan fingerprint density at radius 1 is 0.862 bits per heavy atom. The minimum atomic E-state index is -0.0866. The van der Waals surface area contributed by atoms with Crippen LogP contribution in [0.15, 0.2) is 54.9 Å². The molecule has 0 aliphatic carbocycles. The van der Waals surface area contributed by atoms with Gasteiger partial charge in [-0.2, -0.15) is 0 Å². The topological polar surface area (TPSA) is 80.7 Å². The van der Waals surface area contributed by atoms with E-state index in [1.165, 1.54) is 0 Å². The van der Waals surface area contributed by atoms with Crippen LogP contribution in [0.4, 0.5) is 0 Å². The van der Waals surface area contributed by atoms with Gasteiger partial charge in [-0.25, -0.2) is 9.97 Å². The van der Waals surface area contributed by atoms with Crippen molar-refractivity contribution in [3.63, 3.8) is 0 Å². The lowest BCUT2D eigenvalue weighted by Gasteiger charge is -2.09. The molecule has 0 bridgehead atoms. The van der Waals surface area contributed by atoms with Gasteiger partial charge in [-0.05, 0) is 48.9 Å². The van der Waals surface area contributed by atoms with E-state index in [1.807, 2.05) is 30.3 Å². The molecule has 2 aromatic carbocycles. The predicted molar refractivity (Wildman–Crippen MR) is 115 cm³/mol. The number of rotatable bonds is 4. The third-order valence-electron chi connectivity index (χ3n) is 5.09. The van der Waals surface area contributed by atoms with Crippen LogP contribution in [0.1, 0.15) is 30.1 Å². The molecule has 0 aliphatic rings. The lowest BCUT2D eigenvalue weighted by atomic mass is 10.1. The molecule has 142 valence electrons. The number of carbonyl (C=O) groups excluding carboxylic acids is 1. The maximum absolute atomic E-state index is 12.4. The number of benzene rings is 2. The van der Waals surface area contributed by atoms with Crippen molar-refractivity contribution in [3.8, 4) is 0 Å². The van der Waals surface area contributed by atoms with Gasteiger partial charge in [0.1, 0.15) is 0 Å². The minimum absolute atomic E-state index is 0.0866. The van der Waals surface area contributed by atoms with Gasteiger partial charge in [-0.1, -0.05) is 13.3 Å². The Balaban J connectivity index is 1.75. The lowest BCUT2D eigenvalue weighted by molar-refractivity contribution is 0.0953. The van der Waals surface area contributed by atoms with E-state index in [4.69, 9.17) is 9.97 Å². The fourth-order valence-electron chi connectivity index (χ4n) is 3.62. The number of aromatic nitrogens is 4. The maximum atomic E-state index is 12.4. The molecule has 1 N–H and O–H groups in total. The van der Waals surface area contributed by atoms with Gasteiger partial charge in [-0.15, -0.1) is 0 Å². The first-order chi connectivity index (χ1) is 14.3. The standard InChI is InChI=1S/C23H19N5O/c1-2-3-10-26-23(29)14-8-9-17-18(13-14)28-22-16-7-5-12-25-20(16)19-15(21(22)27-17)6-4-11-24-19/h4-9,11-13H,2-3,10H2,1H3,(H,26,29). The monoisotopic (exact) mass is 381 g/mol. The van der Waals surface area contributed by atoms with E-state index < -0.39 is 0 Å². The summed E-state index contributed by atoms with van der Waals surface area (Å²) in [5.74, 6) is -0.0866. The van der Waals surface area contributed by atoms with E-state index in [-0.39, 0.29) is 5.91 Å². The molecule has 29 heavy (non-hydrogen) atoms. The van der Waals surface area contributed by atoms with Crippen molar-refractivity contribution >= 4 is 49.8 Å². The summed E-state index contributed by atoms with van der Waals surface area (Å²) in [6.45, 7) is 2.77.